The van der Waals surface area contributed by atoms with Crippen molar-refractivity contribution in [1.29, 1.82) is 0 Å². The average Bonchev–Trinajstić information content (AvgIpc) is 2.46. The van der Waals surface area contributed by atoms with Gasteiger partial charge in [-0.2, -0.15) is 0 Å². The fraction of sp³-hybridized carbons (Fsp3) is 0.467. The molecule has 0 spiro atoms. The normalized spacial score (nSPS) is 10.2. The molecule has 0 aliphatic rings. The maximum absolute atomic E-state index is 13.3. The van der Waals surface area contributed by atoms with E-state index in [1.807, 2.05) is 6.92 Å². The maximum Gasteiger partial charge on any atom is 0.307 e. The summed E-state index contributed by atoms with van der Waals surface area (Å²) in [6.07, 6.45) is 0.704. The molecule has 1 N–H and O–H groups in total. The summed E-state index contributed by atoms with van der Waals surface area (Å²) >= 11 is 0. The fourth-order valence-electron chi connectivity index (χ4n) is 1.68. The molecule has 0 bridgehead atoms. The third kappa shape index (κ3) is 6.35. The third-order valence-electron chi connectivity index (χ3n) is 2.79. The van der Waals surface area contributed by atoms with Crippen LogP contribution in [0.4, 0.5) is 4.39 Å². The highest BCUT2D eigenvalue weighted by molar-refractivity contribution is 5.94. The monoisotopic (exact) mass is 297 g/mol. The van der Waals surface area contributed by atoms with E-state index in [9.17, 15) is 14.0 Å². The van der Waals surface area contributed by atoms with Crippen LogP contribution in [-0.4, -0.2) is 38.7 Å². The molecule has 0 saturated carbocycles. The molecule has 1 aromatic rings. The van der Waals surface area contributed by atoms with E-state index in [-0.39, 0.29) is 25.1 Å². The molecule has 1 aromatic carbocycles. The van der Waals surface area contributed by atoms with Crippen molar-refractivity contribution in [3.63, 3.8) is 0 Å². The Kier molecular flexibility index (Phi) is 7.39. The van der Waals surface area contributed by atoms with Gasteiger partial charge in [0.25, 0.3) is 5.91 Å². The number of hydrogen-bond acceptors (Lipinski definition) is 4. The van der Waals surface area contributed by atoms with Crippen molar-refractivity contribution in [1.82, 2.24) is 5.32 Å². The quantitative estimate of drug-likeness (QED) is 0.586. The molecule has 0 atom stereocenters. The average molecular weight is 297 g/mol. The number of ether oxygens (including phenoxy) is 2. The first-order chi connectivity index (χ1) is 10.1. The van der Waals surface area contributed by atoms with Crippen LogP contribution in [0, 0.1) is 5.82 Å². The summed E-state index contributed by atoms with van der Waals surface area (Å²) in [6, 6.07) is 4.20. The Labute approximate surface area is 123 Å². The molecule has 0 fully saturated rings. The molecule has 0 aromatic heterocycles. The van der Waals surface area contributed by atoms with Crippen molar-refractivity contribution < 1.29 is 23.5 Å². The van der Waals surface area contributed by atoms with Gasteiger partial charge in [-0.1, -0.05) is 6.92 Å². The van der Waals surface area contributed by atoms with Gasteiger partial charge in [-0.25, -0.2) is 4.39 Å². The van der Waals surface area contributed by atoms with Crippen molar-refractivity contribution in [2.24, 2.45) is 0 Å². The summed E-state index contributed by atoms with van der Waals surface area (Å²) in [5, 5.41) is 2.56. The lowest BCUT2D eigenvalue weighted by Crippen LogP contribution is -2.27. The van der Waals surface area contributed by atoms with E-state index in [1.165, 1.54) is 19.2 Å². The van der Waals surface area contributed by atoms with Crippen molar-refractivity contribution >= 4 is 11.9 Å². The fourth-order valence-corrected chi connectivity index (χ4v) is 1.68. The lowest BCUT2D eigenvalue weighted by molar-refractivity contribution is -0.144. The highest BCUT2D eigenvalue weighted by Gasteiger charge is 2.09. The van der Waals surface area contributed by atoms with Gasteiger partial charge >= 0.3 is 5.97 Å². The van der Waals surface area contributed by atoms with E-state index in [0.717, 1.165) is 5.56 Å². The number of esters is 1. The number of nitrogens with one attached hydrogen (secondary N) is 1. The molecule has 1 rings (SSSR count). The van der Waals surface area contributed by atoms with Crippen LogP contribution in [-0.2, 0) is 20.7 Å². The van der Waals surface area contributed by atoms with E-state index in [4.69, 9.17) is 9.47 Å². The Balaban J connectivity index is 2.40. The number of halogens is 1. The number of rotatable bonds is 8. The Hall–Kier alpha value is -1.95. The van der Waals surface area contributed by atoms with Crippen LogP contribution in [0.5, 0.6) is 0 Å². The molecule has 6 heteroatoms. The van der Waals surface area contributed by atoms with E-state index in [1.54, 1.807) is 6.07 Å². The topological polar surface area (TPSA) is 64.6 Å². The van der Waals surface area contributed by atoms with Gasteiger partial charge in [0, 0.05) is 19.2 Å². The van der Waals surface area contributed by atoms with Crippen molar-refractivity contribution in [2.45, 2.75) is 19.8 Å². The van der Waals surface area contributed by atoms with Crippen LogP contribution >= 0.6 is 0 Å². The Bertz CT molecular complexity index is 491. The van der Waals surface area contributed by atoms with Crippen LogP contribution in [0.25, 0.3) is 0 Å². The second-order valence-corrected chi connectivity index (χ2v) is 4.42. The van der Waals surface area contributed by atoms with Crippen molar-refractivity contribution in [3.8, 4) is 0 Å². The van der Waals surface area contributed by atoms with E-state index in [0.29, 0.717) is 13.0 Å². The van der Waals surface area contributed by atoms with Gasteiger partial charge in [0.05, 0.1) is 13.0 Å². The maximum atomic E-state index is 13.3. The minimum Gasteiger partial charge on any atom is -0.463 e. The minimum absolute atomic E-state index is 0.0609. The summed E-state index contributed by atoms with van der Waals surface area (Å²) in [4.78, 5) is 23.2. The van der Waals surface area contributed by atoms with Crippen LogP contribution in [0.15, 0.2) is 18.2 Å². The smallest absolute Gasteiger partial charge is 0.307 e. The van der Waals surface area contributed by atoms with Gasteiger partial charge in [0.1, 0.15) is 12.4 Å². The van der Waals surface area contributed by atoms with Crippen LogP contribution in [0.2, 0.25) is 0 Å². The molecule has 0 saturated heterocycles. The minimum atomic E-state index is -0.446. The molecule has 0 radical (unpaired) electrons. The first kappa shape index (κ1) is 17.1. The zero-order valence-electron chi connectivity index (χ0n) is 12.3. The molecule has 5 nitrogen and oxygen atoms in total. The third-order valence-corrected chi connectivity index (χ3v) is 2.79. The summed E-state index contributed by atoms with van der Waals surface area (Å²) in [7, 11) is 1.51. The standard InChI is InChI=1S/C15H20FNO4/c1-3-11-8-12(10-13(16)9-11)15(19)17-5-4-14(18)21-7-6-20-2/h8-10H,3-7H2,1-2H3,(H,17,19). The first-order valence-electron chi connectivity index (χ1n) is 6.79. The van der Waals surface area contributed by atoms with Gasteiger partial charge in [-0.3, -0.25) is 9.59 Å². The number of carbonyl (C=O) groups excluding carboxylic acids is 2. The van der Waals surface area contributed by atoms with Crippen LogP contribution in [0.3, 0.4) is 0 Å². The van der Waals surface area contributed by atoms with Gasteiger partial charge < -0.3 is 14.8 Å². The van der Waals surface area contributed by atoms with Gasteiger partial charge in [-0.15, -0.1) is 0 Å². The molecule has 0 heterocycles. The molecule has 21 heavy (non-hydrogen) atoms. The number of carbonyl (C=O) groups is 2. The highest BCUT2D eigenvalue weighted by Crippen LogP contribution is 2.10. The largest absolute Gasteiger partial charge is 0.463 e. The molecular weight excluding hydrogens is 277 g/mol. The second kappa shape index (κ2) is 9.07. The molecule has 0 unspecified atom stereocenters. The van der Waals surface area contributed by atoms with Crippen molar-refractivity contribution in [3.05, 3.63) is 35.1 Å². The summed E-state index contributed by atoms with van der Waals surface area (Å²) in [6.45, 7) is 2.54. The lowest BCUT2D eigenvalue weighted by atomic mass is 10.1. The number of hydrogen-bond donors (Lipinski definition) is 1. The van der Waals surface area contributed by atoms with Gasteiger partial charge in [0.2, 0.25) is 0 Å². The lowest BCUT2D eigenvalue weighted by Gasteiger charge is -2.07. The van der Waals surface area contributed by atoms with E-state index < -0.39 is 17.7 Å². The van der Waals surface area contributed by atoms with E-state index >= 15 is 0 Å². The Morgan fingerprint density at radius 1 is 1.24 bits per heavy atom. The number of benzene rings is 1. The molecule has 0 aliphatic heterocycles. The SMILES string of the molecule is CCc1cc(F)cc(C(=O)NCCC(=O)OCCOC)c1. The summed E-state index contributed by atoms with van der Waals surface area (Å²) < 4.78 is 22.9. The van der Waals surface area contributed by atoms with Crippen molar-refractivity contribution in [2.75, 3.05) is 26.9 Å². The van der Waals surface area contributed by atoms with Gasteiger partial charge in [-0.05, 0) is 30.2 Å². The zero-order valence-corrected chi connectivity index (χ0v) is 12.3. The summed E-state index contributed by atoms with van der Waals surface area (Å²) in [5.74, 6) is -1.27. The van der Waals surface area contributed by atoms with Gasteiger partial charge in [0.15, 0.2) is 0 Å². The second-order valence-electron chi connectivity index (χ2n) is 4.42. The first-order valence-corrected chi connectivity index (χ1v) is 6.79. The number of methoxy groups -OCH3 is 1. The van der Waals surface area contributed by atoms with Crippen LogP contribution in [0.1, 0.15) is 29.3 Å². The zero-order chi connectivity index (χ0) is 15.7. The summed E-state index contributed by atoms with van der Waals surface area (Å²) in [5.41, 5.74) is 0.999. The van der Waals surface area contributed by atoms with E-state index in [2.05, 4.69) is 5.32 Å². The predicted molar refractivity (Wildman–Crippen MR) is 75.6 cm³/mol. The predicted octanol–water partition coefficient (Wildman–Crippen LogP) is 1.70. The number of amides is 1. The molecule has 116 valence electrons. The molecule has 1 amide bonds. The Morgan fingerprint density at radius 2 is 2.00 bits per heavy atom. The molecule has 0 aliphatic carbocycles. The number of aryl methyl sites for hydroxylation is 1. The Morgan fingerprint density at radius 3 is 2.67 bits per heavy atom. The van der Waals surface area contributed by atoms with Crippen LogP contribution < -0.4 is 5.32 Å². The highest BCUT2D eigenvalue weighted by atomic mass is 19.1. The molecular formula is C15H20FNO4.